The van der Waals surface area contributed by atoms with Crippen molar-refractivity contribution in [3.05, 3.63) is 41.2 Å². The maximum absolute atomic E-state index is 5.08. The Labute approximate surface area is 92.8 Å². The van der Waals surface area contributed by atoms with Crippen LogP contribution in [0, 0.1) is 4.64 Å². The first-order valence-electron chi connectivity index (χ1n) is 4.49. The standard InChI is InChI=1S/C11H10N2OS/c1-14-9-4-2-8(3-5-9)11-12-7-6-10(15)13-11/h2-7H,1H3,(H,12,13,15). The van der Waals surface area contributed by atoms with E-state index >= 15 is 0 Å². The first-order valence-corrected chi connectivity index (χ1v) is 4.90. The molecule has 0 fully saturated rings. The second-order valence-corrected chi connectivity index (χ2v) is 3.45. The van der Waals surface area contributed by atoms with Gasteiger partial charge in [-0.15, -0.1) is 0 Å². The second kappa shape index (κ2) is 4.23. The van der Waals surface area contributed by atoms with E-state index < -0.39 is 0 Å². The van der Waals surface area contributed by atoms with Crippen LogP contribution in [0.15, 0.2) is 36.5 Å². The third-order valence-corrected chi connectivity index (χ3v) is 2.27. The van der Waals surface area contributed by atoms with E-state index in [9.17, 15) is 0 Å². The van der Waals surface area contributed by atoms with E-state index in [-0.39, 0.29) is 0 Å². The Balaban J connectivity index is 2.41. The fourth-order valence-electron chi connectivity index (χ4n) is 1.27. The van der Waals surface area contributed by atoms with Crippen LogP contribution >= 0.6 is 12.2 Å². The van der Waals surface area contributed by atoms with Gasteiger partial charge >= 0.3 is 0 Å². The number of benzene rings is 1. The Morgan fingerprint density at radius 1 is 1.20 bits per heavy atom. The van der Waals surface area contributed by atoms with Crippen LogP contribution in [0.2, 0.25) is 0 Å². The predicted octanol–water partition coefficient (Wildman–Crippen LogP) is 2.81. The van der Waals surface area contributed by atoms with Gasteiger partial charge in [0, 0.05) is 11.8 Å². The lowest BCUT2D eigenvalue weighted by atomic mass is 10.2. The van der Waals surface area contributed by atoms with Gasteiger partial charge in [-0.1, -0.05) is 12.2 Å². The summed E-state index contributed by atoms with van der Waals surface area (Å²) in [7, 11) is 1.64. The largest absolute Gasteiger partial charge is 0.497 e. The van der Waals surface area contributed by atoms with Crippen LogP contribution in [-0.4, -0.2) is 17.1 Å². The summed E-state index contributed by atoms with van der Waals surface area (Å²) in [6.45, 7) is 0. The van der Waals surface area contributed by atoms with Crippen molar-refractivity contribution in [2.75, 3.05) is 7.11 Å². The van der Waals surface area contributed by atoms with E-state index in [0.29, 0.717) is 4.64 Å². The summed E-state index contributed by atoms with van der Waals surface area (Å²) in [5.41, 5.74) is 0.988. The SMILES string of the molecule is COc1ccc(-c2nccc(=S)[nH]2)cc1. The Morgan fingerprint density at radius 3 is 2.53 bits per heavy atom. The van der Waals surface area contributed by atoms with Gasteiger partial charge in [0.15, 0.2) is 0 Å². The Morgan fingerprint density at radius 2 is 1.93 bits per heavy atom. The average Bonchev–Trinajstić information content (AvgIpc) is 2.29. The predicted molar refractivity (Wildman–Crippen MR) is 61.4 cm³/mol. The molecule has 0 saturated carbocycles. The molecule has 76 valence electrons. The molecule has 1 aromatic heterocycles. The van der Waals surface area contributed by atoms with Crippen LogP contribution < -0.4 is 4.74 Å². The van der Waals surface area contributed by atoms with Crippen LogP contribution in [-0.2, 0) is 0 Å². The number of hydrogen-bond acceptors (Lipinski definition) is 3. The molecule has 0 unspecified atom stereocenters. The van der Waals surface area contributed by atoms with E-state index in [1.54, 1.807) is 19.4 Å². The van der Waals surface area contributed by atoms with E-state index in [0.717, 1.165) is 17.1 Å². The number of aromatic amines is 1. The van der Waals surface area contributed by atoms with Gasteiger partial charge in [0.25, 0.3) is 0 Å². The van der Waals surface area contributed by atoms with E-state index in [1.165, 1.54) is 0 Å². The van der Waals surface area contributed by atoms with Crippen molar-refractivity contribution in [3.8, 4) is 17.1 Å². The van der Waals surface area contributed by atoms with Gasteiger partial charge in [0.2, 0.25) is 0 Å². The first-order chi connectivity index (χ1) is 7.29. The van der Waals surface area contributed by atoms with Crippen LogP contribution in [0.1, 0.15) is 0 Å². The molecule has 15 heavy (non-hydrogen) atoms. The van der Waals surface area contributed by atoms with Gasteiger partial charge in [-0.05, 0) is 30.3 Å². The summed E-state index contributed by atoms with van der Waals surface area (Å²) in [4.78, 5) is 7.23. The molecule has 1 heterocycles. The van der Waals surface area contributed by atoms with Crippen molar-refractivity contribution in [2.45, 2.75) is 0 Å². The maximum atomic E-state index is 5.08. The van der Waals surface area contributed by atoms with Gasteiger partial charge < -0.3 is 9.72 Å². The molecule has 2 aromatic rings. The molecule has 1 N–H and O–H groups in total. The van der Waals surface area contributed by atoms with Crippen LogP contribution in [0.4, 0.5) is 0 Å². The lowest BCUT2D eigenvalue weighted by molar-refractivity contribution is 0.415. The molecule has 0 atom stereocenters. The highest BCUT2D eigenvalue weighted by Gasteiger charge is 1.98. The summed E-state index contributed by atoms with van der Waals surface area (Å²) in [5, 5.41) is 0. The van der Waals surface area contributed by atoms with E-state index in [1.807, 2.05) is 24.3 Å². The minimum absolute atomic E-state index is 0.677. The number of nitrogens with one attached hydrogen (secondary N) is 1. The molecule has 0 aliphatic heterocycles. The summed E-state index contributed by atoms with van der Waals surface area (Å²) < 4.78 is 5.75. The van der Waals surface area contributed by atoms with Crippen molar-refractivity contribution >= 4 is 12.2 Å². The maximum Gasteiger partial charge on any atom is 0.138 e. The van der Waals surface area contributed by atoms with Crippen molar-refractivity contribution in [1.29, 1.82) is 0 Å². The molecule has 4 heteroatoms. The highest BCUT2D eigenvalue weighted by Crippen LogP contribution is 2.18. The van der Waals surface area contributed by atoms with Crippen molar-refractivity contribution < 1.29 is 4.74 Å². The second-order valence-electron chi connectivity index (χ2n) is 3.01. The number of rotatable bonds is 2. The number of aromatic nitrogens is 2. The van der Waals surface area contributed by atoms with Crippen LogP contribution in [0.25, 0.3) is 11.4 Å². The van der Waals surface area contributed by atoms with Gasteiger partial charge in [-0.3, -0.25) is 0 Å². The number of methoxy groups -OCH3 is 1. The number of H-pyrrole nitrogens is 1. The normalized spacial score (nSPS) is 9.93. The molecule has 1 aromatic carbocycles. The lowest BCUT2D eigenvalue weighted by Crippen LogP contribution is -1.88. The van der Waals surface area contributed by atoms with Crippen LogP contribution in [0.3, 0.4) is 0 Å². The fraction of sp³-hybridized carbons (Fsp3) is 0.0909. The lowest BCUT2D eigenvalue weighted by Gasteiger charge is -2.02. The molecule has 0 amide bonds. The molecule has 0 bridgehead atoms. The molecule has 2 rings (SSSR count). The summed E-state index contributed by atoms with van der Waals surface area (Å²) in [5.74, 6) is 1.60. The average molecular weight is 218 g/mol. The van der Waals surface area contributed by atoms with E-state index in [4.69, 9.17) is 17.0 Å². The highest BCUT2D eigenvalue weighted by molar-refractivity contribution is 7.71. The molecule has 0 aliphatic carbocycles. The van der Waals surface area contributed by atoms with Gasteiger partial charge in [0.1, 0.15) is 16.2 Å². The smallest absolute Gasteiger partial charge is 0.138 e. The Hall–Kier alpha value is -1.68. The summed E-state index contributed by atoms with van der Waals surface area (Å²) in [6.07, 6.45) is 1.69. The number of hydrogen-bond donors (Lipinski definition) is 1. The zero-order valence-corrected chi connectivity index (χ0v) is 9.04. The molecule has 0 saturated heterocycles. The Kier molecular flexibility index (Phi) is 2.78. The van der Waals surface area contributed by atoms with Crippen molar-refractivity contribution in [2.24, 2.45) is 0 Å². The number of nitrogens with zero attached hydrogens (tertiary/aromatic N) is 1. The van der Waals surface area contributed by atoms with E-state index in [2.05, 4.69) is 9.97 Å². The molecular formula is C11H10N2OS. The fourth-order valence-corrected chi connectivity index (χ4v) is 1.42. The topological polar surface area (TPSA) is 37.9 Å². The molecular weight excluding hydrogens is 208 g/mol. The van der Waals surface area contributed by atoms with Crippen molar-refractivity contribution in [3.63, 3.8) is 0 Å². The molecule has 3 nitrogen and oxygen atoms in total. The summed E-state index contributed by atoms with van der Waals surface area (Å²) in [6, 6.07) is 9.41. The summed E-state index contributed by atoms with van der Waals surface area (Å²) >= 11 is 5.03. The van der Waals surface area contributed by atoms with Crippen LogP contribution in [0.5, 0.6) is 5.75 Å². The van der Waals surface area contributed by atoms with Gasteiger partial charge in [0.05, 0.1) is 7.11 Å². The molecule has 0 spiro atoms. The first kappa shape index (κ1) is 9.86. The monoisotopic (exact) mass is 218 g/mol. The molecule has 0 radical (unpaired) electrons. The minimum Gasteiger partial charge on any atom is -0.497 e. The van der Waals surface area contributed by atoms with Gasteiger partial charge in [-0.2, -0.15) is 0 Å². The Bertz CT molecular complexity index is 504. The number of ether oxygens (including phenoxy) is 1. The van der Waals surface area contributed by atoms with Gasteiger partial charge in [-0.25, -0.2) is 4.98 Å². The molecule has 0 aliphatic rings. The third-order valence-electron chi connectivity index (χ3n) is 2.03. The zero-order valence-electron chi connectivity index (χ0n) is 8.23. The quantitative estimate of drug-likeness (QED) is 0.788. The van der Waals surface area contributed by atoms with Crippen molar-refractivity contribution in [1.82, 2.24) is 9.97 Å². The minimum atomic E-state index is 0.677. The highest BCUT2D eigenvalue weighted by atomic mass is 32.1. The third kappa shape index (κ3) is 2.22. The zero-order chi connectivity index (χ0) is 10.7.